The zero-order valence-corrected chi connectivity index (χ0v) is 11.0. The second-order valence-corrected chi connectivity index (χ2v) is 4.96. The van der Waals surface area contributed by atoms with Crippen molar-refractivity contribution in [3.8, 4) is 0 Å². The number of amides is 1. The number of hydrogen-bond acceptors (Lipinski definition) is 1. The van der Waals surface area contributed by atoms with Gasteiger partial charge in [0, 0.05) is 23.5 Å². The predicted octanol–water partition coefficient (Wildman–Crippen LogP) is 2.99. The van der Waals surface area contributed by atoms with E-state index in [9.17, 15) is 4.79 Å². The van der Waals surface area contributed by atoms with Gasteiger partial charge in [0.05, 0.1) is 0 Å². The molecule has 2 rings (SSSR count). The molecule has 1 saturated heterocycles. The minimum Gasteiger partial charge on any atom is -0.335 e. The quantitative estimate of drug-likeness (QED) is 0.764. The van der Waals surface area contributed by atoms with Crippen LogP contribution in [0.5, 0.6) is 0 Å². The average Bonchev–Trinajstić information content (AvgIpc) is 2.77. The van der Waals surface area contributed by atoms with Crippen molar-refractivity contribution < 1.29 is 4.79 Å². The molecular formula is C13H16BrNO. The molecule has 1 aromatic carbocycles. The zero-order valence-electron chi connectivity index (χ0n) is 9.45. The van der Waals surface area contributed by atoms with Crippen LogP contribution in [-0.2, 0) is 0 Å². The van der Waals surface area contributed by atoms with Gasteiger partial charge in [-0.15, -0.1) is 0 Å². The number of benzene rings is 1. The summed E-state index contributed by atoms with van der Waals surface area (Å²) in [7, 11) is 0. The maximum atomic E-state index is 12.2. The molecule has 1 amide bonds. The highest BCUT2D eigenvalue weighted by Gasteiger charge is 2.28. The van der Waals surface area contributed by atoms with E-state index in [-0.39, 0.29) is 5.91 Å². The molecule has 86 valence electrons. The van der Waals surface area contributed by atoms with E-state index in [4.69, 9.17) is 0 Å². The van der Waals surface area contributed by atoms with E-state index >= 15 is 0 Å². The molecule has 0 saturated carbocycles. The minimum atomic E-state index is 0.168. The fourth-order valence-corrected chi connectivity index (χ4v) is 2.80. The average molecular weight is 282 g/mol. The second-order valence-electron chi connectivity index (χ2n) is 4.31. The van der Waals surface area contributed by atoms with Crippen LogP contribution < -0.4 is 0 Å². The molecule has 0 bridgehead atoms. The van der Waals surface area contributed by atoms with Crippen LogP contribution in [-0.4, -0.2) is 28.7 Å². The van der Waals surface area contributed by atoms with Gasteiger partial charge < -0.3 is 4.90 Å². The van der Waals surface area contributed by atoms with E-state index in [0.29, 0.717) is 6.04 Å². The number of rotatable bonds is 2. The number of likely N-dealkylation sites (tertiary alicyclic amines) is 1. The summed E-state index contributed by atoms with van der Waals surface area (Å²) in [6.07, 6.45) is 2.23. The Morgan fingerprint density at radius 2 is 2.12 bits per heavy atom. The van der Waals surface area contributed by atoms with Crippen LogP contribution in [0.15, 0.2) is 24.3 Å². The molecule has 1 atom stereocenters. The maximum absolute atomic E-state index is 12.2. The van der Waals surface area contributed by atoms with Crippen LogP contribution in [0.3, 0.4) is 0 Å². The predicted molar refractivity (Wildman–Crippen MR) is 69.0 cm³/mol. The third-order valence-electron chi connectivity index (χ3n) is 3.11. The first kappa shape index (κ1) is 11.6. The Balaban J connectivity index is 2.15. The Morgan fingerprint density at radius 1 is 1.44 bits per heavy atom. The van der Waals surface area contributed by atoms with Crippen molar-refractivity contribution in [1.29, 1.82) is 0 Å². The third-order valence-corrected chi connectivity index (χ3v) is 3.86. The molecule has 1 fully saturated rings. The van der Waals surface area contributed by atoms with Gasteiger partial charge in [-0.2, -0.15) is 0 Å². The fourth-order valence-electron chi connectivity index (χ4n) is 2.13. The molecule has 1 aliphatic rings. The van der Waals surface area contributed by atoms with Gasteiger partial charge in [-0.25, -0.2) is 0 Å². The van der Waals surface area contributed by atoms with Gasteiger partial charge >= 0.3 is 0 Å². The Morgan fingerprint density at radius 3 is 2.75 bits per heavy atom. The normalized spacial score (nSPS) is 20.1. The third kappa shape index (κ3) is 2.29. The molecule has 3 heteroatoms. The minimum absolute atomic E-state index is 0.168. The molecule has 1 unspecified atom stereocenters. The highest BCUT2D eigenvalue weighted by atomic mass is 79.9. The van der Waals surface area contributed by atoms with Crippen LogP contribution in [0.2, 0.25) is 0 Å². The van der Waals surface area contributed by atoms with Crippen molar-refractivity contribution in [2.24, 2.45) is 0 Å². The van der Waals surface area contributed by atoms with E-state index in [0.717, 1.165) is 30.3 Å². The fraction of sp³-hybridized carbons (Fsp3) is 0.462. The summed E-state index contributed by atoms with van der Waals surface area (Å²) in [5, 5.41) is 0.880. The van der Waals surface area contributed by atoms with Crippen LogP contribution in [0.25, 0.3) is 0 Å². The molecule has 0 aromatic heterocycles. The highest BCUT2D eigenvalue weighted by Crippen LogP contribution is 2.21. The van der Waals surface area contributed by atoms with E-state index in [1.54, 1.807) is 0 Å². The Labute approximate surface area is 105 Å². The highest BCUT2D eigenvalue weighted by molar-refractivity contribution is 9.09. The molecule has 1 aliphatic heterocycles. The lowest BCUT2D eigenvalue weighted by Gasteiger charge is -2.23. The smallest absolute Gasteiger partial charge is 0.254 e. The molecular weight excluding hydrogens is 266 g/mol. The molecule has 16 heavy (non-hydrogen) atoms. The summed E-state index contributed by atoms with van der Waals surface area (Å²) in [5.74, 6) is 0.168. The summed E-state index contributed by atoms with van der Waals surface area (Å²) in [6.45, 7) is 2.92. The van der Waals surface area contributed by atoms with Crippen molar-refractivity contribution in [1.82, 2.24) is 4.90 Å². The molecule has 0 spiro atoms. The molecule has 0 N–H and O–H groups in total. The first-order valence-electron chi connectivity index (χ1n) is 5.66. The zero-order chi connectivity index (χ0) is 11.5. The lowest BCUT2D eigenvalue weighted by atomic mass is 10.1. The van der Waals surface area contributed by atoms with Gasteiger partial charge in [0.1, 0.15) is 0 Å². The lowest BCUT2D eigenvalue weighted by molar-refractivity contribution is 0.0750. The number of nitrogens with zero attached hydrogens (tertiary/aromatic N) is 1. The number of alkyl halides is 1. The van der Waals surface area contributed by atoms with Crippen molar-refractivity contribution in [2.75, 3.05) is 11.9 Å². The second kappa shape index (κ2) is 5.00. The van der Waals surface area contributed by atoms with Gasteiger partial charge in [0.2, 0.25) is 0 Å². The van der Waals surface area contributed by atoms with Crippen LogP contribution in [0.1, 0.15) is 28.8 Å². The first-order valence-corrected chi connectivity index (χ1v) is 6.78. The number of halogens is 1. The summed E-state index contributed by atoms with van der Waals surface area (Å²) in [5.41, 5.74) is 1.99. The van der Waals surface area contributed by atoms with Gasteiger partial charge in [-0.05, 0) is 31.9 Å². The SMILES string of the molecule is Cc1ccc(C(=O)N2CCCC2CBr)cc1. The monoisotopic (exact) mass is 281 g/mol. The Hall–Kier alpha value is -0.830. The van der Waals surface area contributed by atoms with Gasteiger partial charge in [-0.3, -0.25) is 4.79 Å². The van der Waals surface area contributed by atoms with Crippen molar-refractivity contribution >= 4 is 21.8 Å². The van der Waals surface area contributed by atoms with Gasteiger partial charge in [0.15, 0.2) is 0 Å². The van der Waals surface area contributed by atoms with E-state index < -0.39 is 0 Å². The summed E-state index contributed by atoms with van der Waals surface area (Å²) in [4.78, 5) is 14.2. The summed E-state index contributed by atoms with van der Waals surface area (Å²) >= 11 is 3.48. The van der Waals surface area contributed by atoms with Crippen LogP contribution in [0, 0.1) is 6.92 Å². The molecule has 0 aliphatic carbocycles. The van der Waals surface area contributed by atoms with Crippen LogP contribution in [0.4, 0.5) is 0 Å². The standard InChI is InChI=1S/C13H16BrNO/c1-10-4-6-11(7-5-10)13(16)15-8-2-3-12(15)9-14/h4-7,12H,2-3,8-9H2,1H3. The Bertz CT molecular complexity index is 374. The summed E-state index contributed by atoms with van der Waals surface area (Å²) < 4.78 is 0. The van der Waals surface area contributed by atoms with Crippen LogP contribution >= 0.6 is 15.9 Å². The van der Waals surface area contributed by atoms with Crippen molar-refractivity contribution in [3.05, 3.63) is 35.4 Å². The first-order chi connectivity index (χ1) is 7.72. The molecule has 1 aromatic rings. The summed E-state index contributed by atoms with van der Waals surface area (Å²) in [6, 6.07) is 8.19. The van der Waals surface area contributed by atoms with E-state index in [1.807, 2.05) is 36.1 Å². The topological polar surface area (TPSA) is 20.3 Å². The number of aryl methyl sites for hydroxylation is 1. The molecule has 1 heterocycles. The van der Waals surface area contributed by atoms with Crippen molar-refractivity contribution in [3.63, 3.8) is 0 Å². The number of carbonyl (C=O) groups excluding carboxylic acids is 1. The molecule has 0 radical (unpaired) electrons. The Kier molecular flexibility index (Phi) is 3.64. The lowest BCUT2D eigenvalue weighted by Crippen LogP contribution is -2.36. The molecule has 2 nitrogen and oxygen atoms in total. The van der Waals surface area contributed by atoms with Gasteiger partial charge in [0.25, 0.3) is 5.91 Å². The van der Waals surface area contributed by atoms with Gasteiger partial charge in [-0.1, -0.05) is 33.6 Å². The largest absolute Gasteiger partial charge is 0.335 e. The maximum Gasteiger partial charge on any atom is 0.254 e. The van der Waals surface area contributed by atoms with E-state index in [1.165, 1.54) is 5.56 Å². The van der Waals surface area contributed by atoms with Crippen molar-refractivity contribution in [2.45, 2.75) is 25.8 Å². The number of carbonyl (C=O) groups is 1. The number of hydrogen-bond donors (Lipinski definition) is 0. The van der Waals surface area contributed by atoms with E-state index in [2.05, 4.69) is 15.9 Å².